The summed E-state index contributed by atoms with van der Waals surface area (Å²) >= 11 is 5.99. The molecule has 3 heteroatoms. The molecule has 1 unspecified atom stereocenters. The molecule has 20 heavy (non-hydrogen) atoms. The zero-order valence-corrected chi connectivity index (χ0v) is 12.2. The largest absolute Gasteiger partial charge is 0.366 e. The number of hydrogen-bond acceptors (Lipinski definition) is 2. The number of nitrogens with one attached hydrogen (secondary N) is 1. The van der Waals surface area contributed by atoms with E-state index in [0.29, 0.717) is 6.04 Å². The predicted molar refractivity (Wildman–Crippen MR) is 85.4 cm³/mol. The minimum absolute atomic E-state index is 0.606. The summed E-state index contributed by atoms with van der Waals surface area (Å²) in [7, 11) is 0. The Morgan fingerprint density at radius 1 is 1.05 bits per heavy atom. The molecule has 1 aliphatic heterocycles. The molecule has 0 amide bonds. The maximum Gasteiger partial charge on any atom is 0.0430 e. The van der Waals surface area contributed by atoms with Crippen LogP contribution in [-0.2, 0) is 6.54 Å². The molecule has 2 aromatic rings. The van der Waals surface area contributed by atoms with E-state index in [9.17, 15) is 0 Å². The van der Waals surface area contributed by atoms with Crippen LogP contribution in [-0.4, -0.2) is 19.1 Å². The number of halogens is 1. The lowest BCUT2D eigenvalue weighted by molar-refractivity contribution is 0.369. The number of hydrogen-bond donors (Lipinski definition) is 1. The Morgan fingerprint density at radius 2 is 1.75 bits per heavy atom. The molecule has 0 radical (unpaired) electrons. The van der Waals surface area contributed by atoms with Gasteiger partial charge in [-0.15, -0.1) is 0 Å². The fourth-order valence-electron chi connectivity index (χ4n) is 2.49. The first-order valence-corrected chi connectivity index (χ1v) is 7.47. The zero-order chi connectivity index (χ0) is 13.8. The van der Waals surface area contributed by atoms with Crippen LogP contribution in [0.1, 0.15) is 12.0 Å². The summed E-state index contributed by atoms with van der Waals surface area (Å²) in [5, 5.41) is 4.26. The Bertz CT molecular complexity index is 535. The molecule has 0 saturated carbocycles. The second-order valence-electron chi connectivity index (χ2n) is 5.28. The van der Waals surface area contributed by atoms with Gasteiger partial charge >= 0.3 is 0 Å². The van der Waals surface area contributed by atoms with Gasteiger partial charge in [-0.2, -0.15) is 0 Å². The van der Waals surface area contributed by atoms with E-state index in [1.54, 1.807) is 0 Å². The Kier molecular flexibility index (Phi) is 4.24. The lowest BCUT2D eigenvalue weighted by Crippen LogP contribution is -2.50. The van der Waals surface area contributed by atoms with Gasteiger partial charge in [-0.1, -0.05) is 41.9 Å². The van der Waals surface area contributed by atoms with E-state index in [4.69, 9.17) is 11.6 Å². The van der Waals surface area contributed by atoms with Crippen molar-refractivity contribution in [2.75, 3.05) is 18.0 Å². The normalized spacial score (nSPS) is 17.6. The van der Waals surface area contributed by atoms with Gasteiger partial charge in [0.25, 0.3) is 0 Å². The molecule has 1 aliphatic rings. The number of benzene rings is 2. The van der Waals surface area contributed by atoms with Crippen molar-refractivity contribution in [3.63, 3.8) is 0 Å². The summed E-state index contributed by atoms with van der Waals surface area (Å²) in [6, 6.07) is 19.3. The van der Waals surface area contributed by atoms with E-state index in [2.05, 4.69) is 52.7 Å². The molecule has 1 atom stereocenters. The summed E-state index contributed by atoms with van der Waals surface area (Å²) in [6.07, 6.45) is 1.26. The van der Waals surface area contributed by atoms with Gasteiger partial charge in [0.15, 0.2) is 0 Å². The van der Waals surface area contributed by atoms with E-state index in [-0.39, 0.29) is 0 Å². The molecule has 2 nitrogen and oxygen atoms in total. The molecule has 0 aromatic heterocycles. The average Bonchev–Trinajstić information content (AvgIpc) is 2.43. The van der Waals surface area contributed by atoms with Gasteiger partial charge < -0.3 is 10.2 Å². The van der Waals surface area contributed by atoms with Crippen LogP contribution in [0, 0.1) is 0 Å². The second kappa shape index (κ2) is 6.29. The van der Waals surface area contributed by atoms with Gasteiger partial charge in [0.1, 0.15) is 0 Å². The number of anilines is 1. The molecule has 1 saturated heterocycles. The van der Waals surface area contributed by atoms with Crippen molar-refractivity contribution in [3.05, 3.63) is 65.2 Å². The molecule has 0 spiro atoms. The minimum Gasteiger partial charge on any atom is -0.366 e. The molecular weight excluding hydrogens is 268 g/mol. The lowest BCUT2D eigenvalue weighted by atomic mass is 10.1. The first-order valence-electron chi connectivity index (χ1n) is 7.09. The molecular formula is C17H19ClN2. The van der Waals surface area contributed by atoms with E-state index < -0.39 is 0 Å². The van der Waals surface area contributed by atoms with Crippen LogP contribution in [0.4, 0.5) is 5.69 Å². The number of nitrogens with zero attached hydrogens (tertiary/aromatic N) is 1. The summed E-state index contributed by atoms with van der Waals surface area (Å²) in [4.78, 5) is 2.42. The maximum absolute atomic E-state index is 5.99. The molecule has 0 bridgehead atoms. The van der Waals surface area contributed by atoms with Crippen LogP contribution in [0.15, 0.2) is 54.6 Å². The van der Waals surface area contributed by atoms with Crippen molar-refractivity contribution in [1.29, 1.82) is 0 Å². The average molecular weight is 287 g/mol. The predicted octanol–water partition coefficient (Wildman–Crippen LogP) is 3.71. The number of rotatable bonds is 5. The van der Waals surface area contributed by atoms with Crippen LogP contribution >= 0.6 is 11.6 Å². The van der Waals surface area contributed by atoms with Gasteiger partial charge in [-0.25, -0.2) is 0 Å². The van der Waals surface area contributed by atoms with Crippen molar-refractivity contribution in [2.24, 2.45) is 0 Å². The molecule has 1 N–H and O–H groups in total. The maximum atomic E-state index is 5.99. The standard InChI is InChI=1S/C17H19ClN2/c18-15-6-8-17(9-7-15)20(13-16-10-11-19-16)12-14-4-2-1-3-5-14/h1-9,16,19H,10-13H2. The highest BCUT2D eigenvalue weighted by Gasteiger charge is 2.20. The van der Waals surface area contributed by atoms with Crippen LogP contribution in [0.25, 0.3) is 0 Å². The smallest absolute Gasteiger partial charge is 0.0430 e. The fraction of sp³-hybridized carbons (Fsp3) is 0.294. The quantitative estimate of drug-likeness (QED) is 0.901. The van der Waals surface area contributed by atoms with Crippen molar-refractivity contribution < 1.29 is 0 Å². The van der Waals surface area contributed by atoms with Crippen molar-refractivity contribution in [2.45, 2.75) is 19.0 Å². The molecule has 104 valence electrons. The molecule has 2 aromatic carbocycles. The third-order valence-electron chi connectivity index (χ3n) is 3.77. The van der Waals surface area contributed by atoms with Crippen LogP contribution < -0.4 is 10.2 Å². The summed E-state index contributed by atoms with van der Waals surface area (Å²) < 4.78 is 0. The van der Waals surface area contributed by atoms with Crippen molar-refractivity contribution in [1.82, 2.24) is 5.32 Å². The van der Waals surface area contributed by atoms with Crippen molar-refractivity contribution >= 4 is 17.3 Å². The second-order valence-corrected chi connectivity index (χ2v) is 5.72. The highest BCUT2D eigenvalue weighted by atomic mass is 35.5. The van der Waals surface area contributed by atoms with Gasteiger partial charge in [-0.3, -0.25) is 0 Å². The Hall–Kier alpha value is -1.51. The Labute approximate surface area is 125 Å². The van der Waals surface area contributed by atoms with Crippen LogP contribution in [0.5, 0.6) is 0 Å². The van der Waals surface area contributed by atoms with Gasteiger partial charge in [0, 0.05) is 29.8 Å². The van der Waals surface area contributed by atoms with Crippen molar-refractivity contribution in [3.8, 4) is 0 Å². The SMILES string of the molecule is Clc1ccc(N(Cc2ccccc2)CC2CCN2)cc1. The lowest BCUT2D eigenvalue weighted by Gasteiger charge is -2.35. The molecule has 0 aliphatic carbocycles. The first kappa shape index (κ1) is 13.5. The Balaban J connectivity index is 1.77. The molecule has 1 heterocycles. The minimum atomic E-state index is 0.606. The topological polar surface area (TPSA) is 15.3 Å². The van der Waals surface area contributed by atoms with Crippen LogP contribution in [0.2, 0.25) is 5.02 Å². The summed E-state index contributed by atoms with van der Waals surface area (Å²) in [5.41, 5.74) is 2.56. The summed E-state index contributed by atoms with van der Waals surface area (Å²) in [6.45, 7) is 3.11. The Morgan fingerprint density at radius 3 is 2.35 bits per heavy atom. The van der Waals surface area contributed by atoms with E-state index in [0.717, 1.165) is 24.7 Å². The van der Waals surface area contributed by atoms with Gasteiger partial charge in [0.2, 0.25) is 0 Å². The van der Waals surface area contributed by atoms with Crippen LogP contribution in [0.3, 0.4) is 0 Å². The van der Waals surface area contributed by atoms with E-state index in [1.165, 1.54) is 17.7 Å². The van der Waals surface area contributed by atoms with Gasteiger partial charge in [0.05, 0.1) is 0 Å². The highest BCUT2D eigenvalue weighted by Crippen LogP contribution is 2.21. The highest BCUT2D eigenvalue weighted by molar-refractivity contribution is 6.30. The van der Waals surface area contributed by atoms with E-state index in [1.807, 2.05) is 12.1 Å². The first-order chi connectivity index (χ1) is 9.81. The monoisotopic (exact) mass is 286 g/mol. The van der Waals surface area contributed by atoms with E-state index >= 15 is 0 Å². The third kappa shape index (κ3) is 3.33. The summed E-state index contributed by atoms with van der Waals surface area (Å²) in [5.74, 6) is 0. The third-order valence-corrected chi connectivity index (χ3v) is 4.03. The van der Waals surface area contributed by atoms with Gasteiger partial charge in [-0.05, 0) is 42.8 Å². The molecule has 3 rings (SSSR count). The zero-order valence-electron chi connectivity index (χ0n) is 11.4. The fourth-order valence-corrected chi connectivity index (χ4v) is 2.61. The molecule has 1 fully saturated rings.